The van der Waals surface area contributed by atoms with Gasteiger partial charge in [0.2, 0.25) is 0 Å². The predicted molar refractivity (Wildman–Crippen MR) is 91.0 cm³/mol. The van der Waals surface area contributed by atoms with E-state index in [9.17, 15) is 0 Å². The van der Waals surface area contributed by atoms with Gasteiger partial charge >= 0.3 is 0 Å². The van der Waals surface area contributed by atoms with E-state index < -0.39 is 0 Å². The summed E-state index contributed by atoms with van der Waals surface area (Å²) in [5.74, 6) is 1.16. The number of aryl methyl sites for hydroxylation is 1. The Kier molecular flexibility index (Phi) is 4.06. The van der Waals surface area contributed by atoms with E-state index in [-0.39, 0.29) is 6.04 Å². The molecule has 0 aliphatic carbocycles. The van der Waals surface area contributed by atoms with Gasteiger partial charge in [-0.1, -0.05) is 25.4 Å². The first kappa shape index (κ1) is 15.2. The minimum atomic E-state index is 0.0760. The number of rotatable bonds is 4. The predicted octanol–water partition coefficient (Wildman–Crippen LogP) is 4.44. The van der Waals surface area contributed by atoms with Gasteiger partial charge in [-0.25, -0.2) is 9.97 Å². The van der Waals surface area contributed by atoms with Crippen LogP contribution in [0.3, 0.4) is 0 Å². The first-order chi connectivity index (χ1) is 10.5. The zero-order valence-corrected chi connectivity index (χ0v) is 14.5. The summed E-state index contributed by atoms with van der Waals surface area (Å²) in [6, 6.07) is 1.87. The van der Waals surface area contributed by atoms with Crippen LogP contribution in [-0.4, -0.2) is 19.6 Å². The Hall–Kier alpha value is -1.66. The molecule has 22 heavy (non-hydrogen) atoms. The Morgan fingerprint density at radius 3 is 2.68 bits per heavy atom. The molecular weight excluding hydrogens is 318 g/mol. The van der Waals surface area contributed by atoms with Gasteiger partial charge in [-0.3, -0.25) is 0 Å². The first-order valence-electron chi connectivity index (χ1n) is 7.18. The fourth-order valence-electron chi connectivity index (χ4n) is 2.32. The van der Waals surface area contributed by atoms with Crippen LogP contribution in [0.4, 0.5) is 5.82 Å². The molecule has 0 unspecified atom stereocenters. The lowest BCUT2D eigenvalue weighted by molar-refractivity contribution is 0.831. The standard InChI is InChI=1S/C15H18ClN5S/c1-8(2)11-7-18-21-13(5-12(16)20-14(11)21)19-10(4)15-17-6-9(3)22-15/h5-8,10,19H,1-4H3/t10-/m0/s1. The van der Waals surface area contributed by atoms with Gasteiger partial charge in [0.15, 0.2) is 5.65 Å². The van der Waals surface area contributed by atoms with Crippen LogP contribution < -0.4 is 5.32 Å². The molecule has 3 aromatic rings. The number of nitrogens with zero attached hydrogens (tertiary/aromatic N) is 4. The van der Waals surface area contributed by atoms with E-state index in [4.69, 9.17) is 11.6 Å². The quantitative estimate of drug-likeness (QED) is 0.716. The molecule has 5 nitrogen and oxygen atoms in total. The van der Waals surface area contributed by atoms with Crippen molar-refractivity contribution in [3.63, 3.8) is 0 Å². The molecule has 0 bridgehead atoms. The molecule has 3 rings (SSSR count). The van der Waals surface area contributed by atoms with Crippen molar-refractivity contribution in [2.45, 2.75) is 39.7 Å². The Morgan fingerprint density at radius 1 is 1.27 bits per heavy atom. The van der Waals surface area contributed by atoms with Gasteiger partial charge in [0.1, 0.15) is 16.0 Å². The highest BCUT2D eigenvalue weighted by Crippen LogP contribution is 2.27. The summed E-state index contributed by atoms with van der Waals surface area (Å²) < 4.78 is 1.80. The van der Waals surface area contributed by atoms with Crippen molar-refractivity contribution in [3.8, 4) is 0 Å². The average molecular weight is 336 g/mol. The van der Waals surface area contributed by atoms with Crippen LogP contribution in [-0.2, 0) is 0 Å². The molecule has 0 radical (unpaired) electrons. The largest absolute Gasteiger partial charge is 0.361 e. The summed E-state index contributed by atoms with van der Waals surface area (Å²) >= 11 is 7.87. The zero-order valence-electron chi connectivity index (χ0n) is 13.0. The number of hydrogen-bond acceptors (Lipinski definition) is 5. The fourth-order valence-corrected chi connectivity index (χ4v) is 3.28. The highest BCUT2D eigenvalue weighted by molar-refractivity contribution is 7.11. The molecule has 0 amide bonds. The lowest BCUT2D eigenvalue weighted by atomic mass is 10.1. The number of fused-ring (bicyclic) bond motifs is 1. The number of halogens is 1. The van der Waals surface area contributed by atoms with Crippen LogP contribution in [0.15, 0.2) is 18.5 Å². The van der Waals surface area contributed by atoms with Crippen LogP contribution in [0, 0.1) is 6.92 Å². The van der Waals surface area contributed by atoms with E-state index >= 15 is 0 Å². The lowest BCUT2D eigenvalue weighted by Gasteiger charge is -2.14. The Bertz CT molecular complexity index is 807. The average Bonchev–Trinajstić information content (AvgIpc) is 3.04. The van der Waals surface area contributed by atoms with E-state index in [0.29, 0.717) is 11.1 Å². The van der Waals surface area contributed by atoms with Gasteiger partial charge in [-0.15, -0.1) is 11.3 Å². The molecule has 0 fully saturated rings. The third kappa shape index (κ3) is 2.80. The summed E-state index contributed by atoms with van der Waals surface area (Å²) in [6.45, 7) is 8.37. The van der Waals surface area contributed by atoms with E-state index in [2.05, 4.69) is 48.1 Å². The molecule has 0 saturated heterocycles. The maximum Gasteiger partial charge on any atom is 0.162 e. The molecule has 0 aromatic carbocycles. The van der Waals surface area contributed by atoms with Gasteiger partial charge in [0.05, 0.1) is 12.2 Å². The normalized spacial score (nSPS) is 13.0. The second kappa shape index (κ2) is 5.85. The van der Waals surface area contributed by atoms with Crippen LogP contribution in [0.25, 0.3) is 5.65 Å². The first-order valence-corrected chi connectivity index (χ1v) is 8.38. The van der Waals surface area contributed by atoms with E-state index in [1.54, 1.807) is 21.9 Å². The van der Waals surface area contributed by atoms with Crippen molar-refractivity contribution >= 4 is 34.4 Å². The van der Waals surface area contributed by atoms with Crippen molar-refractivity contribution < 1.29 is 0 Å². The van der Waals surface area contributed by atoms with Crippen molar-refractivity contribution in [1.82, 2.24) is 19.6 Å². The van der Waals surface area contributed by atoms with Crippen molar-refractivity contribution in [3.05, 3.63) is 39.1 Å². The molecule has 116 valence electrons. The number of thiazole rings is 1. The summed E-state index contributed by atoms with van der Waals surface area (Å²) in [5, 5.41) is 9.38. The third-order valence-electron chi connectivity index (χ3n) is 3.46. The third-order valence-corrected chi connectivity index (χ3v) is 4.75. The summed E-state index contributed by atoms with van der Waals surface area (Å²) in [7, 11) is 0. The molecule has 7 heteroatoms. The fraction of sp³-hybridized carbons (Fsp3) is 0.400. The molecule has 1 atom stereocenters. The number of hydrogen-bond donors (Lipinski definition) is 1. The molecule has 0 spiro atoms. The second-order valence-electron chi connectivity index (χ2n) is 5.63. The van der Waals surface area contributed by atoms with Gasteiger partial charge in [-0.05, 0) is 19.8 Å². The van der Waals surface area contributed by atoms with Crippen LogP contribution in [0.2, 0.25) is 5.15 Å². The highest BCUT2D eigenvalue weighted by Gasteiger charge is 2.16. The summed E-state index contributed by atoms with van der Waals surface area (Å²) in [5.41, 5.74) is 1.89. The van der Waals surface area contributed by atoms with Crippen LogP contribution in [0.5, 0.6) is 0 Å². The van der Waals surface area contributed by atoms with Crippen molar-refractivity contribution in [2.75, 3.05) is 5.32 Å². The van der Waals surface area contributed by atoms with Gasteiger partial charge in [0.25, 0.3) is 0 Å². The number of anilines is 1. The Morgan fingerprint density at radius 2 is 2.05 bits per heavy atom. The van der Waals surface area contributed by atoms with Crippen molar-refractivity contribution in [1.29, 1.82) is 0 Å². The van der Waals surface area contributed by atoms with Crippen LogP contribution >= 0.6 is 22.9 Å². The number of nitrogens with one attached hydrogen (secondary N) is 1. The summed E-state index contributed by atoms with van der Waals surface area (Å²) in [4.78, 5) is 10.0. The van der Waals surface area contributed by atoms with Crippen molar-refractivity contribution in [2.24, 2.45) is 0 Å². The minimum Gasteiger partial charge on any atom is -0.361 e. The Labute approximate surface area is 138 Å². The molecule has 0 saturated carbocycles. The molecule has 3 aromatic heterocycles. The maximum atomic E-state index is 6.19. The molecule has 0 aliphatic rings. The van der Waals surface area contributed by atoms with Gasteiger partial charge < -0.3 is 5.32 Å². The molecule has 3 heterocycles. The van der Waals surface area contributed by atoms with Gasteiger partial charge in [0, 0.05) is 22.7 Å². The molecule has 1 N–H and O–H groups in total. The van der Waals surface area contributed by atoms with E-state index in [1.807, 2.05) is 12.4 Å². The summed E-state index contributed by atoms with van der Waals surface area (Å²) in [6.07, 6.45) is 3.74. The highest BCUT2D eigenvalue weighted by atomic mass is 35.5. The lowest BCUT2D eigenvalue weighted by Crippen LogP contribution is -2.10. The topological polar surface area (TPSA) is 55.1 Å². The monoisotopic (exact) mass is 335 g/mol. The van der Waals surface area contributed by atoms with Crippen LogP contribution in [0.1, 0.15) is 48.2 Å². The minimum absolute atomic E-state index is 0.0760. The molecule has 0 aliphatic heterocycles. The van der Waals surface area contributed by atoms with E-state index in [1.165, 1.54) is 4.88 Å². The van der Waals surface area contributed by atoms with Gasteiger partial charge in [-0.2, -0.15) is 9.61 Å². The number of aromatic nitrogens is 4. The Balaban J connectivity index is 2.00. The zero-order chi connectivity index (χ0) is 15.9. The maximum absolute atomic E-state index is 6.19. The SMILES string of the molecule is Cc1cnc([C@H](C)Nc2cc(Cl)nc3c(C(C)C)cnn23)s1. The molecular formula is C15H18ClN5S. The van der Waals surface area contributed by atoms with E-state index in [0.717, 1.165) is 22.0 Å². The second-order valence-corrected chi connectivity index (χ2v) is 7.28. The smallest absolute Gasteiger partial charge is 0.162 e.